The summed E-state index contributed by atoms with van der Waals surface area (Å²) in [5.41, 5.74) is 0.993. The Bertz CT molecular complexity index is 421. The number of ether oxygens (including phenoxy) is 2. The van der Waals surface area contributed by atoms with Crippen molar-refractivity contribution in [1.29, 1.82) is 0 Å². The molecule has 0 aliphatic carbocycles. The minimum Gasteiger partial charge on any atom is -0.469 e. The van der Waals surface area contributed by atoms with Crippen molar-refractivity contribution in [3.05, 3.63) is 35.9 Å². The average Bonchev–Trinajstić information content (AvgIpc) is 2.48. The summed E-state index contributed by atoms with van der Waals surface area (Å²) in [7, 11) is 1.44. The summed E-state index contributed by atoms with van der Waals surface area (Å²) in [6, 6.07) is 10.2. The molecular formula is C16H23NO3. The molecule has 1 saturated heterocycles. The Morgan fingerprint density at radius 2 is 2.20 bits per heavy atom. The van der Waals surface area contributed by atoms with E-state index in [-0.39, 0.29) is 18.0 Å². The summed E-state index contributed by atoms with van der Waals surface area (Å²) in [6.45, 7) is 3.48. The van der Waals surface area contributed by atoms with Gasteiger partial charge in [0.2, 0.25) is 0 Å². The monoisotopic (exact) mass is 277 g/mol. The summed E-state index contributed by atoms with van der Waals surface area (Å²) >= 11 is 0. The molecule has 1 aromatic carbocycles. The maximum atomic E-state index is 12.0. The summed E-state index contributed by atoms with van der Waals surface area (Å²) in [4.78, 5) is 12.0. The molecule has 0 saturated carbocycles. The fourth-order valence-corrected chi connectivity index (χ4v) is 2.63. The minimum absolute atomic E-state index is 0.191. The predicted molar refractivity (Wildman–Crippen MR) is 77.6 cm³/mol. The number of methoxy groups -OCH3 is 1. The number of nitrogens with one attached hydrogen (secondary N) is 1. The van der Waals surface area contributed by atoms with Gasteiger partial charge >= 0.3 is 5.97 Å². The van der Waals surface area contributed by atoms with E-state index in [0.717, 1.165) is 25.0 Å². The van der Waals surface area contributed by atoms with Gasteiger partial charge in [0.25, 0.3) is 0 Å². The first-order valence-electron chi connectivity index (χ1n) is 7.18. The van der Waals surface area contributed by atoms with E-state index in [1.807, 2.05) is 30.3 Å². The molecule has 0 radical (unpaired) electrons. The van der Waals surface area contributed by atoms with Gasteiger partial charge in [-0.3, -0.25) is 4.79 Å². The van der Waals surface area contributed by atoms with Crippen molar-refractivity contribution >= 4 is 5.97 Å². The maximum Gasteiger partial charge on any atom is 0.314 e. The summed E-state index contributed by atoms with van der Waals surface area (Å²) in [6.07, 6.45) is 2.27. The fraction of sp³-hybridized carbons (Fsp3) is 0.562. The van der Waals surface area contributed by atoms with Crippen LogP contribution in [0.5, 0.6) is 0 Å². The zero-order valence-electron chi connectivity index (χ0n) is 12.2. The van der Waals surface area contributed by atoms with Gasteiger partial charge in [-0.15, -0.1) is 0 Å². The van der Waals surface area contributed by atoms with Gasteiger partial charge < -0.3 is 14.8 Å². The Kier molecular flexibility index (Phi) is 5.56. The lowest BCUT2D eigenvalue weighted by Gasteiger charge is -2.29. The van der Waals surface area contributed by atoms with Crippen molar-refractivity contribution in [3.8, 4) is 0 Å². The van der Waals surface area contributed by atoms with Crippen LogP contribution in [0.4, 0.5) is 0 Å². The highest BCUT2D eigenvalue weighted by molar-refractivity contribution is 5.78. The zero-order chi connectivity index (χ0) is 14.4. The topological polar surface area (TPSA) is 47.6 Å². The number of rotatable bonds is 5. The molecule has 1 fully saturated rings. The summed E-state index contributed by atoms with van der Waals surface area (Å²) < 4.78 is 10.5. The van der Waals surface area contributed by atoms with Crippen LogP contribution in [0.25, 0.3) is 0 Å². The Labute approximate surface area is 120 Å². The standard InChI is InChI=1S/C16H23NO3/c1-12-10-14(8-9-20-12)17-11-15(16(18)19-2)13-6-4-3-5-7-13/h3-7,12,14-15,17H,8-11H2,1-2H3. The molecule has 1 N–H and O–H groups in total. The van der Waals surface area contributed by atoms with Crippen LogP contribution in [0, 0.1) is 0 Å². The van der Waals surface area contributed by atoms with E-state index < -0.39 is 0 Å². The number of carbonyl (C=O) groups excluding carboxylic acids is 1. The van der Waals surface area contributed by atoms with E-state index in [1.165, 1.54) is 7.11 Å². The largest absolute Gasteiger partial charge is 0.469 e. The van der Waals surface area contributed by atoms with Crippen LogP contribution in [-0.4, -0.2) is 38.4 Å². The van der Waals surface area contributed by atoms with Gasteiger partial charge in [0.1, 0.15) is 0 Å². The second-order valence-electron chi connectivity index (χ2n) is 5.30. The smallest absolute Gasteiger partial charge is 0.314 e. The van der Waals surface area contributed by atoms with Crippen LogP contribution < -0.4 is 5.32 Å². The third-order valence-electron chi connectivity index (χ3n) is 3.78. The van der Waals surface area contributed by atoms with Crippen LogP contribution in [0.15, 0.2) is 30.3 Å². The number of carbonyl (C=O) groups is 1. The number of hydrogen-bond acceptors (Lipinski definition) is 4. The van der Waals surface area contributed by atoms with Crippen LogP contribution in [0.3, 0.4) is 0 Å². The lowest BCUT2D eigenvalue weighted by Crippen LogP contribution is -2.41. The molecule has 1 aromatic rings. The van der Waals surface area contributed by atoms with Gasteiger partial charge in [-0.1, -0.05) is 30.3 Å². The average molecular weight is 277 g/mol. The lowest BCUT2D eigenvalue weighted by molar-refractivity contribution is -0.142. The van der Waals surface area contributed by atoms with Gasteiger partial charge in [0, 0.05) is 19.2 Å². The lowest BCUT2D eigenvalue weighted by atomic mass is 9.97. The van der Waals surface area contributed by atoms with Crippen LogP contribution >= 0.6 is 0 Å². The SMILES string of the molecule is COC(=O)C(CNC1CCOC(C)C1)c1ccccc1. The van der Waals surface area contributed by atoms with Gasteiger partial charge in [-0.25, -0.2) is 0 Å². The van der Waals surface area contributed by atoms with Crippen molar-refractivity contribution in [1.82, 2.24) is 5.32 Å². The van der Waals surface area contributed by atoms with E-state index in [2.05, 4.69) is 12.2 Å². The first-order valence-corrected chi connectivity index (χ1v) is 7.18. The molecule has 4 heteroatoms. The fourth-order valence-electron chi connectivity index (χ4n) is 2.63. The van der Waals surface area contributed by atoms with E-state index in [9.17, 15) is 4.79 Å². The Balaban J connectivity index is 1.96. The molecule has 0 amide bonds. The highest BCUT2D eigenvalue weighted by Gasteiger charge is 2.24. The third-order valence-corrected chi connectivity index (χ3v) is 3.78. The first kappa shape index (κ1) is 15.0. The molecule has 3 unspecified atom stereocenters. The van der Waals surface area contributed by atoms with Crippen LogP contribution in [-0.2, 0) is 14.3 Å². The zero-order valence-corrected chi connectivity index (χ0v) is 12.2. The predicted octanol–water partition coefficient (Wildman–Crippen LogP) is 2.10. The molecule has 110 valence electrons. The number of benzene rings is 1. The maximum absolute atomic E-state index is 12.0. The Hall–Kier alpha value is -1.39. The molecule has 0 aromatic heterocycles. The molecule has 20 heavy (non-hydrogen) atoms. The molecular weight excluding hydrogens is 254 g/mol. The third kappa shape index (κ3) is 4.05. The molecule has 3 atom stereocenters. The molecule has 2 rings (SSSR count). The van der Waals surface area contributed by atoms with Gasteiger partial charge in [0.15, 0.2) is 0 Å². The van der Waals surface area contributed by atoms with E-state index >= 15 is 0 Å². The first-order chi connectivity index (χ1) is 9.70. The van der Waals surface area contributed by atoms with Gasteiger partial charge in [0.05, 0.1) is 19.1 Å². The van der Waals surface area contributed by atoms with Crippen molar-refractivity contribution < 1.29 is 14.3 Å². The molecule has 1 aliphatic heterocycles. The van der Waals surface area contributed by atoms with Crippen molar-refractivity contribution in [2.45, 2.75) is 37.8 Å². The summed E-state index contributed by atoms with van der Waals surface area (Å²) in [5, 5.41) is 3.48. The highest BCUT2D eigenvalue weighted by Crippen LogP contribution is 2.18. The van der Waals surface area contributed by atoms with Crippen LogP contribution in [0.1, 0.15) is 31.2 Å². The van der Waals surface area contributed by atoms with Crippen molar-refractivity contribution in [2.24, 2.45) is 0 Å². The number of esters is 1. The molecule has 0 bridgehead atoms. The van der Waals surface area contributed by atoms with Gasteiger partial charge in [-0.05, 0) is 25.3 Å². The van der Waals surface area contributed by atoms with E-state index in [4.69, 9.17) is 9.47 Å². The Morgan fingerprint density at radius 1 is 1.45 bits per heavy atom. The summed E-state index contributed by atoms with van der Waals surface area (Å²) in [5.74, 6) is -0.442. The normalized spacial score (nSPS) is 24.1. The second kappa shape index (κ2) is 7.41. The van der Waals surface area contributed by atoms with E-state index in [1.54, 1.807) is 0 Å². The van der Waals surface area contributed by atoms with Crippen LogP contribution in [0.2, 0.25) is 0 Å². The molecule has 1 heterocycles. The Morgan fingerprint density at radius 3 is 2.85 bits per heavy atom. The van der Waals surface area contributed by atoms with Gasteiger partial charge in [-0.2, -0.15) is 0 Å². The molecule has 4 nitrogen and oxygen atoms in total. The molecule has 0 spiro atoms. The van der Waals surface area contributed by atoms with Crippen molar-refractivity contribution in [2.75, 3.05) is 20.3 Å². The number of hydrogen-bond donors (Lipinski definition) is 1. The minimum atomic E-state index is -0.251. The molecule has 1 aliphatic rings. The quantitative estimate of drug-likeness (QED) is 0.837. The van der Waals surface area contributed by atoms with Crippen molar-refractivity contribution in [3.63, 3.8) is 0 Å². The second-order valence-corrected chi connectivity index (χ2v) is 5.30. The highest BCUT2D eigenvalue weighted by atomic mass is 16.5. The van der Waals surface area contributed by atoms with E-state index in [0.29, 0.717) is 12.6 Å².